The standard InChI is InChI=1S/C25H19N3O3S/c1-14-9-10-15(2)17(12-14)22(29)20-21(16-6-5-11-26-13-16)28(24(31)23(20)30)25-27-18-7-3-4-8-19(18)32-25/h3-13,21,29H,1-2H3/b22-20+. The van der Waals surface area contributed by atoms with Crippen molar-refractivity contribution in [1.82, 2.24) is 9.97 Å². The third-order valence-corrected chi connectivity index (χ3v) is 6.62. The van der Waals surface area contributed by atoms with Crippen LogP contribution in [0.25, 0.3) is 16.0 Å². The quantitative estimate of drug-likeness (QED) is 0.277. The molecule has 0 spiro atoms. The van der Waals surface area contributed by atoms with Gasteiger partial charge in [-0.3, -0.25) is 19.5 Å². The summed E-state index contributed by atoms with van der Waals surface area (Å²) in [5, 5.41) is 11.7. The molecule has 0 aliphatic carbocycles. The first-order valence-corrected chi connectivity index (χ1v) is 10.9. The number of rotatable bonds is 3. The molecule has 1 unspecified atom stereocenters. The molecular weight excluding hydrogens is 422 g/mol. The largest absolute Gasteiger partial charge is 0.507 e. The molecule has 1 fully saturated rings. The van der Waals surface area contributed by atoms with Crippen molar-refractivity contribution in [3.8, 4) is 0 Å². The number of Topliss-reactive ketones (excluding diaryl/α,β-unsaturated/α-hetero) is 1. The second-order valence-electron chi connectivity index (χ2n) is 7.74. The van der Waals surface area contributed by atoms with Crippen LogP contribution < -0.4 is 4.90 Å². The van der Waals surface area contributed by atoms with Gasteiger partial charge in [0.05, 0.1) is 21.8 Å². The monoisotopic (exact) mass is 441 g/mol. The van der Waals surface area contributed by atoms with Crippen molar-refractivity contribution in [2.75, 3.05) is 4.90 Å². The van der Waals surface area contributed by atoms with Crippen molar-refractivity contribution in [1.29, 1.82) is 0 Å². The molecule has 1 aliphatic rings. The van der Waals surface area contributed by atoms with E-state index in [0.717, 1.165) is 21.3 Å². The van der Waals surface area contributed by atoms with Crippen LogP contribution in [0.1, 0.15) is 28.3 Å². The van der Waals surface area contributed by atoms with Crippen LogP contribution in [0.4, 0.5) is 5.13 Å². The SMILES string of the molecule is Cc1ccc(C)c(/C(O)=C2\C(=O)C(=O)N(c3nc4ccccc4s3)C2c2cccnc2)c1. The van der Waals surface area contributed by atoms with Gasteiger partial charge in [-0.25, -0.2) is 4.98 Å². The number of aliphatic hydroxyl groups excluding tert-OH is 1. The van der Waals surface area contributed by atoms with Crippen LogP contribution in [0.5, 0.6) is 0 Å². The van der Waals surface area contributed by atoms with Crippen LogP contribution in [-0.4, -0.2) is 26.8 Å². The molecule has 2 aromatic carbocycles. The summed E-state index contributed by atoms with van der Waals surface area (Å²) >= 11 is 1.33. The first kappa shape index (κ1) is 20.1. The smallest absolute Gasteiger partial charge is 0.301 e. The second-order valence-corrected chi connectivity index (χ2v) is 8.75. The summed E-state index contributed by atoms with van der Waals surface area (Å²) in [6.07, 6.45) is 3.23. The number of aromatic nitrogens is 2. The highest BCUT2D eigenvalue weighted by Gasteiger charge is 2.48. The third kappa shape index (κ3) is 3.18. The molecule has 1 aliphatic heterocycles. The van der Waals surface area contributed by atoms with Crippen LogP contribution in [-0.2, 0) is 9.59 Å². The highest BCUT2D eigenvalue weighted by molar-refractivity contribution is 7.22. The van der Waals surface area contributed by atoms with Gasteiger partial charge >= 0.3 is 5.91 Å². The van der Waals surface area contributed by atoms with E-state index in [1.807, 2.05) is 56.3 Å². The van der Waals surface area contributed by atoms with Crippen molar-refractivity contribution in [2.24, 2.45) is 0 Å². The van der Waals surface area contributed by atoms with Crippen molar-refractivity contribution < 1.29 is 14.7 Å². The number of carbonyl (C=O) groups excluding carboxylic acids is 2. The summed E-state index contributed by atoms with van der Waals surface area (Å²) in [5.74, 6) is -1.65. The fourth-order valence-electron chi connectivity index (χ4n) is 3.98. The Morgan fingerprint density at radius 3 is 2.62 bits per heavy atom. The molecular formula is C25H19N3O3S. The number of aliphatic hydroxyl groups is 1. The van der Waals surface area contributed by atoms with Gasteiger partial charge in [0.15, 0.2) is 5.13 Å². The molecule has 5 rings (SSSR count). The minimum Gasteiger partial charge on any atom is -0.507 e. The summed E-state index contributed by atoms with van der Waals surface area (Å²) in [5.41, 5.74) is 3.68. The lowest BCUT2D eigenvalue weighted by Crippen LogP contribution is -2.29. The lowest BCUT2D eigenvalue weighted by atomic mass is 9.94. The first-order chi connectivity index (χ1) is 15.5. The van der Waals surface area contributed by atoms with E-state index in [9.17, 15) is 14.7 Å². The second kappa shape index (κ2) is 7.69. The van der Waals surface area contributed by atoms with Gasteiger partial charge in [-0.15, -0.1) is 0 Å². The average Bonchev–Trinajstić information content (AvgIpc) is 3.34. The van der Waals surface area contributed by atoms with E-state index in [0.29, 0.717) is 16.3 Å². The number of para-hydroxylation sites is 1. The zero-order valence-electron chi connectivity index (χ0n) is 17.4. The molecule has 158 valence electrons. The Kier molecular flexibility index (Phi) is 4.83. The molecule has 3 heterocycles. The summed E-state index contributed by atoms with van der Waals surface area (Å²) in [4.78, 5) is 36.6. The Bertz CT molecular complexity index is 1380. The van der Waals surface area contributed by atoms with Gasteiger partial charge in [0.1, 0.15) is 5.76 Å². The molecule has 0 saturated carbocycles. The van der Waals surface area contributed by atoms with Gasteiger partial charge < -0.3 is 5.11 Å². The van der Waals surface area contributed by atoms with E-state index in [2.05, 4.69) is 9.97 Å². The zero-order valence-corrected chi connectivity index (χ0v) is 18.3. The predicted octanol–water partition coefficient (Wildman–Crippen LogP) is 4.93. The molecule has 6 nitrogen and oxygen atoms in total. The fourth-order valence-corrected chi connectivity index (χ4v) is 4.97. The maximum Gasteiger partial charge on any atom is 0.301 e. The third-order valence-electron chi connectivity index (χ3n) is 5.58. The number of aryl methyl sites for hydroxylation is 2. The van der Waals surface area contributed by atoms with E-state index in [1.54, 1.807) is 24.5 Å². The maximum absolute atomic E-state index is 13.2. The topological polar surface area (TPSA) is 83.4 Å². The maximum atomic E-state index is 13.2. The van der Waals surface area contributed by atoms with Gasteiger partial charge in [0.2, 0.25) is 0 Å². The Labute approximate surface area is 188 Å². The number of ketones is 1. The number of anilines is 1. The summed E-state index contributed by atoms with van der Waals surface area (Å²) in [6, 6.07) is 15.9. The first-order valence-electron chi connectivity index (χ1n) is 10.1. The molecule has 0 bridgehead atoms. The Morgan fingerprint density at radius 2 is 1.88 bits per heavy atom. The van der Waals surface area contributed by atoms with E-state index >= 15 is 0 Å². The minimum absolute atomic E-state index is 0.0379. The van der Waals surface area contributed by atoms with Crippen LogP contribution in [0.15, 0.2) is 72.6 Å². The predicted molar refractivity (Wildman–Crippen MR) is 125 cm³/mol. The number of nitrogens with zero attached hydrogens (tertiary/aromatic N) is 3. The van der Waals surface area contributed by atoms with Gasteiger partial charge in [-0.05, 0) is 49.2 Å². The zero-order chi connectivity index (χ0) is 22.4. The summed E-state index contributed by atoms with van der Waals surface area (Å²) in [6.45, 7) is 3.77. The number of thiazole rings is 1. The molecule has 1 amide bonds. The fraction of sp³-hybridized carbons (Fsp3) is 0.120. The van der Waals surface area contributed by atoms with Crippen LogP contribution in [0.2, 0.25) is 0 Å². The highest BCUT2D eigenvalue weighted by Crippen LogP contribution is 2.44. The molecule has 1 saturated heterocycles. The number of hydrogen-bond donors (Lipinski definition) is 1. The molecule has 7 heteroatoms. The van der Waals surface area contributed by atoms with Crippen molar-refractivity contribution in [3.05, 3.63) is 94.8 Å². The van der Waals surface area contributed by atoms with E-state index in [1.165, 1.54) is 16.2 Å². The van der Waals surface area contributed by atoms with E-state index in [4.69, 9.17) is 0 Å². The van der Waals surface area contributed by atoms with Crippen LogP contribution in [0, 0.1) is 13.8 Å². The highest BCUT2D eigenvalue weighted by atomic mass is 32.1. The molecule has 1 atom stereocenters. The average molecular weight is 442 g/mol. The number of fused-ring (bicyclic) bond motifs is 1. The number of carbonyl (C=O) groups is 2. The molecule has 0 radical (unpaired) electrons. The van der Waals surface area contributed by atoms with E-state index < -0.39 is 17.7 Å². The van der Waals surface area contributed by atoms with Crippen LogP contribution >= 0.6 is 11.3 Å². The molecule has 4 aromatic rings. The molecule has 32 heavy (non-hydrogen) atoms. The number of amides is 1. The summed E-state index contributed by atoms with van der Waals surface area (Å²) in [7, 11) is 0. The number of benzene rings is 2. The van der Waals surface area contributed by atoms with Gasteiger partial charge in [-0.1, -0.05) is 47.2 Å². The van der Waals surface area contributed by atoms with Gasteiger partial charge in [0, 0.05) is 18.0 Å². The lowest BCUT2D eigenvalue weighted by molar-refractivity contribution is -0.132. The van der Waals surface area contributed by atoms with E-state index in [-0.39, 0.29) is 11.3 Å². The molecule has 1 N–H and O–H groups in total. The Balaban J connectivity index is 1.76. The Morgan fingerprint density at radius 1 is 1.06 bits per heavy atom. The van der Waals surface area contributed by atoms with Gasteiger partial charge in [-0.2, -0.15) is 0 Å². The minimum atomic E-state index is -0.829. The number of hydrogen-bond acceptors (Lipinski definition) is 6. The Hall–Kier alpha value is -3.84. The number of pyridine rings is 1. The van der Waals surface area contributed by atoms with Crippen molar-refractivity contribution in [3.63, 3.8) is 0 Å². The summed E-state index contributed by atoms with van der Waals surface area (Å²) < 4.78 is 0.906. The normalized spacial score (nSPS) is 17.9. The van der Waals surface area contributed by atoms with Crippen molar-refractivity contribution >= 4 is 44.1 Å². The van der Waals surface area contributed by atoms with Gasteiger partial charge in [0.25, 0.3) is 5.78 Å². The van der Waals surface area contributed by atoms with Crippen molar-refractivity contribution in [2.45, 2.75) is 19.9 Å². The van der Waals surface area contributed by atoms with Crippen LogP contribution in [0.3, 0.4) is 0 Å². The molecule has 2 aromatic heterocycles. The lowest BCUT2D eigenvalue weighted by Gasteiger charge is -2.22.